The molecule has 8 atom stereocenters. The van der Waals surface area contributed by atoms with Gasteiger partial charge in [-0.2, -0.15) is 0 Å². The number of halogens is 2. The third kappa shape index (κ3) is 3.36. The van der Waals surface area contributed by atoms with Gasteiger partial charge in [0.1, 0.15) is 5.78 Å². The molecule has 4 aliphatic carbocycles. The van der Waals surface area contributed by atoms with Gasteiger partial charge in [-0.15, -0.1) is 0 Å². The van der Waals surface area contributed by atoms with Crippen LogP contribution in [-0.4, -0.2) is 38.8 Å². The third-order valence-corrected chi connectivity index (χ3v) is 10.2. The Bertz CT molecular complexity index is 767. The second-order valence-corrected chi connectivity index (χ2v) is 11.7. The van der Waals surface area contributed by atoms with Crippen molar-refractivity contribution in [2.45, 2.75) is 90.3 Å². The highest BCUT2D eigenvalue weighted by atomic mass is 19.3. The molecule has 0 aliphatic heterocycles. The van der Waals surface area contributed by atoms with Crippen LogP contribution in [0, 0.1) is 46.3 Å². The van der Waals surface area contributed by atoms with E-state index in [1.54, 1.807) is 0 Å². The summed E-state index contributed by atoms with van der Waals surface area (Å²) in [7, 11) is 0. The van der Waals surface area contributed by atoms with E-state index in [0.717, 1.165) is 19.3 Å². The van der Waals surface area contributed by atoms with E-state index in [4.69, 9.17) is 5.11 Å². The van der Waals surface area contributed by atoms with E-state index in [0.29, 0.717) is 18.8 Å². The molecule has 3 N–H and O–H groups in total. The van der Waals surface area contributed by atoms with E-state index in [2.05, 4.69) is 13.8 Å². The Morgan fingerprint density at radius 1 is 1.13 bits per heavy atom. The van der Waals surface area contributed by atoms with Crippen LogP contribution in [0.5, 0.6) is 0 Å². The molecule has 7 heteroatoms. The molecule has 0 saturated heterocycles. The van der Waals surface area contributed by atoms with Gasteiger partial charge in [-0.3, -0.25) is 9.59 Å². The Balaban J connectivity index is 1.61. The van der Waals surface area contributed by atoms with Crippen molar-refractivity contribution < 1.29 is 33.7 Å². The minimum Gasteiger partial charge on any atom is -0.481 e. The maximum Gasteiger partial charge on any atom is 0.303 e. The average molecular weight is 443 g/mol. The summed E-state index contributed by atoms with van der Waals surface area (Å²) < 4.78 is 29.4. The highest BCUT2D eigenvalue weighted by Gasteiger charge is 2.69. The number of carboxylic acid groups (broad SMARTS) is 1. The Kier molecular flexibility index (Phi) is 5.37. The van der Waals surface area contributed by atoms with Crippen LogP contribution in [0.15, 0.2) is 0 Å². The van der Waals surface area contributed by atoms with Crippen molar-refractivity contribution in [1.82, 2.24) is 0 Å². The first-order chi connectivity index (χ1) is 14.2. The van der Waals surface area contributed by atoms with E-state index in [1.807, 2.05) is 6.92 Å². The predicted molar refractivity (Wildman–Crippen MR) is 109 cm³/mol. The molecule has 0 radical (unpaired) electrons. The number of carboxylic acids is 1. The summed E-state index contributed by atoms with van der Waals surface area (Å²) in [5, 5.41) is 29.0. The number of alkyl halides is 2. The smallest absolute Gasteiger partial charge is 0.303 e. The normalized spacial score (nSPS) is 46.5. The first-order valence-corrected chi connectivity index (χ1v) is 11.8. The zero-order chi connectivity index (χ0) is 23.0. The molecule has 0 aromatic carbocycles. The first-order valence-electron chi connectivity index (χ1n) is 11.8. The average Bonchev–Trinajstić information content (AvgIpc) is 2.99. The van der Waals surface area contributed by atoms with Crippen molar-refractivity contribution in [3.05, 3.63) is 0 Å². The van der Waals surface area contributed by atoms with Crippen molar-refractivity contribution >= 4 is 11.8 Å². The predicted octanol–water partition coefficient (Wildman–Crippen LogP) is 4.25. The topological polar surface area (TPSA) is 94.8 Å². The van der Waals surface area contributed by atoms with E-state index >= 15 is 0 Å². The van der Waals surface area contributed by atoms with E-state index < -0.39 is 41.9 Å². The standard InChI is InChI=1S/C24H36F2O5/c1-13(4-7-19(28)29)15-5-6-16-20-17(8-9-21(15,16)2)22(3)12-23(25,26)24(30,31)11-14(22)10-18(20)27/h13-17,20,30-31H,4-12H2,1-3H3,(H,28,29)/t13-,14-,15-,16?,17?,20?,21-,22+/m1/s1. The van der Waals surface area contributed by atoms with Crippen LogP contribution in [0.25, 0.3) is 0 Å². The first kappa shape index (κ1) is 23.1. The molecular weight excluding hydrogens is 406 g/mol. The molecule has 176 valence electrons. The lowest BCUT2D eigenvalue weighted by Gasteiger charge is -2.61. The largest absolute Gasteiger partial charge is 0.481 e. The molecule has 0 bridgehead atoms. The van der Waals surface area contributed by atoms with Crippen molar-refractivity contribution in [2.75, 3.05) is 0 Å². The lowest BCUT2D eigenvalue weighted by Crippen LogP contribution is -2.64. The zero-order valence-corrected chi connectivity index (χ0v) is 18.7. The number of rotatable bonds is 4. The van der Waals surface area contributed by atoms with Crippen LogP contribution >= 0.6 is 0 Å². The lowest BCUT2D eigenvalue weighted by atomic mass is 9.43. The summed E-state index contributed by atoms with van der Waals surface area (Å²) in [5.41, 5.74) is -0.863. The van der Waals surface area contributed by atoms with Gasteiger partial charge in [0.15, 0.2) is 0 Å². The van der Waals surface area contributed by atoms with Gasteiger partial charge in [-0.25, -0.2) is 8.78 Å². The number of ketones is 1. The van der Waals surface area contributed by atoms with Gasteiger partial charge >= 0.3 is 11.9 Å². The summed E-state index contributed by atoms with van der Waals surface area (Å²) >= 11 is 0. The molecule has 4 fully saturated rings. The highest BCUT2D eigenvalue weighted by molar-refractivity contribution is 5.83. The molecule has 0 heterocycles. The van der Waals surface area contributed by atoms with Crippen LogP contribution in [0.2, 0.25) is 0 Å². The monoisotopic (exact) mass is 442 g/mol. The van der Waals surface area contributed by atoms with E-state index in [1.165, 1.54) is 0 Å². The number of Topliss-reactive ketones (excluding diaryl/α,β-unsaturated/α-hetero) is 1. The number of fused-ring (bicyclic) bond motifs is 5. The van der Waals surface area contributed by atoms with Gasteiger partial charge in [0.2, 0.25) is 5.79 Å². The molecule has 0 spiro atoms. The maximum atomic E-state index is 14.7. The quantitative estimate of drug-likeness (QED) is 0.566. The van der Waals surface area contributed by atoms with Gasteiger partial charge in [0.05, 0.1) is 0 Å². The fraction of sp³-hybridized carbons (Fsp3) is 0.917. The fourth-order valence-electron chi connectivity index (χ4n) is 8.46. The van der Waals surface area contributed by atoms with Crippen LogP contribution in [0.4, 0.5) is 8.78 Å². The Morgan fingerprint density at radius 3 is 2.42 bits per heavy atom. The number of carbonyl (C=O) groups excluding carboxylic acids is 1. The number of carbonyl (C=O) groups is 2. The van der Waals surface area contributed by atoms with Crippen LogP contribution in [-0.2, 0) is 9.59 Å². The van der Waals surface area contributed by atoms with Crippen molar-refractivity contribution in [3.63, 3.8) is 0 Å². The van der Waals surface area contributed by atoms with Crippen LogP contribution < -0.4 is 0 Å². The number of aliphatic hydroxyl groups is 2. The van der Waals surface area contributed by atoms with Crippen molar-refractivity contribution in [3.8, 4) is 0 Å². The molecule has 0 aromatic rings. The van der Waals surface area contributed by atoms with Crippen LogP contribution in [0.3, 0.4) is 0 Å². The Morgan fingerprint density at radius 2 is 1.77 bits per heavy atom. The maximum absolute atomic E-state index is 14.7. The SMILES string of the molecule is C[C@H](CCC(=O)O)[C@H]1CCC2C3C(=O)C[C@@H]4CC(O)(O)C(F)(F)C[C@]4(C)C3CC[C@@]21C. The molecule has 4 aliphatic rings. The van der Waals surface area contributed by atoms with Crippen molar-refractivity contribution in [1.29, 1.82) is 0 Å². The Labute approximate surface area is 182 Å². The second-order valence-electron chi connectivity index (χ2n) is 11.7. The molecule has 31 heavy (non-hydrogen) atoms. The lowest BCUT2D eigenvalue weighted by molar-refractivity contribution is -0.344. The fourth-order valence-corrected chi connectivity index (χ4v) is 8.46. The summed E-state index contributed by atoms with van der Waals surface area (Å²) in [6.07, 6.45) is 3.23. The summed E-state index contributed by atoms with van der Waals surface area (Å²) in [5.74, 6) is -7.46. The number of aliphatic carboxylic acids is 1. The summed E-state index contributed by atoms with van der Waals surface area (Å²) in [4.78, 5) is 24.4. The highest BCUT2D eigenvalue weighted by Crippen LogP contribution is 2.69. The number of hydrogen-bond acceptors (Lipinski definition) is 4. The Hall–Kier alpha value is -1.08. The van der Waals surface area contributed by atoms with Gasteiger partial charge < -0.3 is 15.3 Å². The van der Waals surface area contributed by atoms with Crippen LogP contribution in [0.1, 0.15) is 78.6 Å². The molecular formula is C24H36F2O5. The molecule has 4 saturated carbocycles. The molecule has 0 aromatic heterocycles. The molecule has 0 amide bonds. The number of hydrogen-bond donors (Lipinski definition) is 3. The molecule has 3 unspecified atom stereocenters. The third-order valence-electron chi connectivity index (χ3n) is 10.2. The van der Waals surface area contributed by atoms with Gasteiger partial charge in [-0.1, -0.05) is 20.8 Å². The minimum atomic E-state index is -3.59. The second kappa shape index (κ2) is 7.21. The van der Waals surface area contributed by atoms with Gasteiger partial charge in [0, 0.05) is 31.6 Å². The van der Waals surface area contributed by atoms with Crippen molar-refractivity contribution in [2.24, 2.45) is 46.3 Å². The summed E-state index contributed by atoms with van der Waals surface area (Å²) in [6, 6.07) is 0. The van der Waals surface area contributed by atoms with Gasteiger partial charge in [-0.05, 0) is 72.5 Å². The minimum absolute atomic E-state index is 0.0765. The summed E-state index contributed by atoms with van der Waals surface area (Å²) in [6.45, 7) is 6.18. The molecule has 5 nitrogen and oxygen atoms in total. The van der Waals surface area contributed by atoms with E-state index in [-0.39, 0.29) is 47.7 Å². The zero-order valence-electron chi connectivity index (χ0n) is 18.7. The molecule has 4 rings (SSSR count). The van der Waals surface area contributed by atoms with E-state index in [9.17, 15) is 28.6 Å². The van der Waals surface area contributed by atoms with Gasteiger partial charge in [0.25, 0.3) is 0 Å².